The summed E-state index contributed by atoms with van der Waals surface area (Å²) < 4.78 is 8.54. The number of nitrogens with zero attached hydrogens (tertiary/aromatic N) is 4. The Labute approximate surface area is 193 Å². The predicted molar refractivity (Wildman–Crippen MR) is 132 cm³/mol. The van der Waals surface area contributed by atoms with Crippen LogP contribution in [0.5, 0.6) is 5.75 Å². The van der Waals surface area contributed by atoms with Crippen molar-refractivity contribution in [1.82, 2.24) is 19.5 Å². The van der Waals surface area contributed by atoms with E-state index in [4.69, 9.17) is 9.72 Å². The van der Waals surface area contributed by atoms with Crippen molar-refractivity contribution >= 4 is 33.6 Å². The quantitative estimate of drug-likeness (QED) is 0.387. The van der Waals surface area contributed by atoms with Gasteiger partial charge in [-0.05, 0) is 74.3 Å². The van der Waals surface area contributed by atoms with Crippen LogP contribution in [0.2, 0.25) is 0 Å². The summed E-state index contributed by atoms with van der Waals surface area (Å²) in [5, 5.41) is 8.84. The van der Waals surface area contributed by atoms with E-state index in [1.54, 1.807) is 6.33 Å². The Morgan fingerprint density at radius 2 is 1.91 bits per heavy atom. The van der Waals surface area contributed by atoms with Crippen LogP contribution >= 0.6 is 0 Å². The molecule has 4 aromatic rings. The zero-order valence-corrected chi connectivity index (χ0v) is 19.0. The Kier molecular flexibility index (Phi) is 5.24. The summed E-state index contributed by atoms with van der Waals surface area (Å²) >= 11 is 0. The van der Waals surface area contributed by atoms with Crippen LogP contribution in [0, 0.1) is 11.8 Å². The Morgan fingerprint density at radius 3 is 2.79 bits per heavy atom. The van der Waals surface area contributed by atoms with Crippen LogP contribution in [0.3, 0.4) is 0 Å². The van der Waals surface area contributed by atoms with Gasteiger partial charge in [0.1, 0.15) is 29.4 Å². The first kappa shape index (κ1) is 20.3. The van der Waals surface area contributed by atoms with E-state index in [0.29, 0.717) is 12.0 Å². The molecule has 7 heteroatoms. The first-order valence-electron chi connectivity index (χ1n) is 12.0. The SMILES string of the molecule is CNc1ncnc2c1ccn2[C@H]1CC[C@@H](COc2ccc3ccc(NCC4CC4)nc3c2)C1. The van der Waals surface area contributed by atoms with Crippen molar-refractivity contribution in [2.45, 2.75) is 38.1 Å². The van der Waals surface area contributed by atoms with Gasteiger partial charge in [-0.1, -0.05) is 0 Å². The minimum atomic E-state index is 0.453. The summed E-state index contributed by atoms with van der Waals surface area (Å²) in [6.07, 6.45) is 9.88. The fourth-order valence-corrected chi connectivity index (χ4v) is 4.99. The van der Waals surface area contributed by atoms with Crippen molar-refractivity contribution in [2.24, 2.45) is 11.8 Å². The Bertz CT molecular complexity index is 1280. The standard InChI is InChI=1S/C26H30N6O/c1-27-25-22-10-11-32(26(22)30-16-29-25)20-7-4-18(12-20)15-33-21-8-5-19-6-9-24(31-23(19)13-21)28-14-17-2-3-17/h5-6,8-11,13,16-18,20H,2-4,7,12,14-15H2,1H3,(H,28,31)(H,27,29,30)/t18-,20+/m1/s1. The van der Waals surface area contributed by atoms with E-state index < -0.39 is 0 Å². The highest BCUT2D eigenvalue weighted by atomic mass is 16.5. The highest BCUT2D eigenvalue weighted by Gasteiger charge is 2.28. The van der Waals surface area contributed by atoms with Crippen molar-refractivity contribution in [3.05, 3.63) is 48.9 Å². The molecule has 0 saturated heterocycles. The molecule has 0 amide bonds. The molecule has 1 aromatic carbocycles. The second kappa shape index (κ2) is 8.54. The Balaban J connectivity index is 1.10. The molecule has 170 valence electrons. The van der Waals surface area contributed by atoms with Crippen molar-refractivity contribution in [2.75, 3.05) is 30.8 Å². The summed E-state index contributed by atoms with van der Waals surface area (Å²) in [7, 11) is 1.90. The van der Waals surface area contributed by atoms with Gasteiger partial charge in [-0.25, -0.2) is 15.0 Å². The van der Waals surface area contributed by atoms with Crippen LogP contribution < -0.4 is 15.4 Å². The summed E-state index contributed by atoms with van der Waals surface area (Å²) in [6.45, 7) is 1.76. The van der Waals surface area contributed by atoms with E-state index in [0.717, 1.165) is 77.7 Å². The van der Waals surface area contributed by atoms with Crippen LogP contribution in [0.25, 0.3) is 21.9 Å². The molecule has 0 spiro atoms. The molecule has 0 bridgehead atoms. The molecule has 2 saturated carbocycles. The van der Waals surface area contributed by atoms with Gasteiger partial charge in [0.05, 0.1) is 17.5 Å². The normalized spacial score (nSPS) is 20.4. The van der Waals surface area contributed by atoms with Gasteiger partial charge in [0.15, 0.2) is 0 Å². The number of hydrogen-bond donors (Lipinski definition) is 2. The van der Waals surface area contributed by atoms with Gasteiger partial charge < -0.3 is 19.9 Å². The van der Waals surface area contributed by atoms with Crippen LogP contribution in [0.4, 0.5) is 11.6 Å². The van der Waals surface area contributed by atoms with Gasteiger partial charge >= 0.3 is 0 Å². The van der Waals surface area contributed by atoms with Crippen LogP contribution in [-0.2, 0) is 0 Å². The monoisotopic (exact) mass is 442 g/mol. The molecule has 2 fully saturated rings. The molecule has 0 aliphatic heterocycles. The Hall–Kier alpha value is -3.35. The van der Waals surface area contributed by atoms with E-state index in [1.165, 1.54) is 12.8 Å². The Morgan fingerprint density at radius 1 is 1.03 bits per heavy atom. The second-order valence-corrected chi connectivity index (χ2v) is 9.45. The fourth-order valence-electron chi connectivity index (χ4n) is 4.99. The molecule has 3 heterocycles. The van der Waals surface area contributed by atoms with Gasteiger partial charge in [0, 0.05) is 37.3 Å². The molecule has 6 rings (SSSR count). The minimum Gasteiger partial charge on any atom is -0.493 e. The number of rotatable bonds is 8. The second-order valence-electron chi connectivity index (χ2n) is 9.45. The third-order valence-corrected chi connectivity index (χ3v) is 7.07. The first-order valence-corrected chi connectivity index (χ1v) is 12.0. The molecule has 33 heavy (non-hydrogen) atoms. The number of fused-ring (bicyclic) bond motifs is 2. The fraction of sp³-hybridized carbons (Fsp3) is 0.423. The molecule has 0 radical (unpaired) electrons. The van der Waals surface area contributed by atoms with E-state index in [1.807, 2.05) is 7.05 Å². The maximum atomic E-state index is 6.23. The minimum absolute atomic E-state index is 0.453. The van der Waals surface area contributed by atoms with Gasteiger partial charge in [-0.3, -0.25) is 0 Å². The zero-order chi connectivity index (χ0) is 22.2. The van der Waals surface area contributed by atoms with E-state index >= 15 is 0 Å². The topological polar surface area (TPSA) is 76.9 Å². The van der Waals surface area contributed by atoms with Crippen molar-refractivity contribution in [3.8, 4) is 5.75 Å². The summed E-state index contributed by atoms with van der Waals surface area (Å²) in [4.78, 5) is 13.7. The summed E-state index contributed by atoms with van der Waals surface area (Å²) in [6, 6.07) is 13.0. The number of ether oxygens (including phenoxy) is 1. The summed E-state index contributed by atoms with van der Waals surface area (Å²) in [5.74, 6) is 4.10. The molecule has 2 N–H and O–H groups in total. The number of nitrogens with one attached hydrogen (secondary N) is 2. The lowest BCUT2D eigenvalue weighted by Gasteiger charge is -2.15. The van der Waals surface area contributed by atoms with Gasteiger partial charge in [0.2, 0.25) is 0 Å². The number of pyridine rings is 1. The molecule has 0 unspecified atom stereocenters. The van der Waals surface area contributed by atoms with Crippen LogP contribution in [0.15, 0.2) is 48.9 Å². The van der Waals surface area contributed by atoms with E-state index in [-0.39, 0.29) is 0 Å². The van der Waals surface area contributed by atoms with Crippen LogP contribution in [0.1, 0.15) is 38.1 Å². The zero-order valence-electron chi connectivity index (χ0n) is 19.0. The first-order chi connectivity index (χ1) is 16.3. The van der Waals surface area contributed by atoms with Crippen molar-refractivity contribution < 1.29 is 4.74 Å². The molecule has 2 atom stereocenters. The number of benzene rings is 1. The largest absolute Gasteiger partial charge is 0.493 e. The van der Waals surface area contributed by atoms with Gasteiger partial charge in [-0.2, -0.15) is 0 Å². The lowest BCUT2D eigenvalue weighted by atomic mass is 10.1. The maximum Gasteiger partial charge on any atom is 0.145 e. The number of anilines is 2. The smallest absolute Gasteiger partial charge is 0.145 e. The van der Waals surface area contributed by atoms with Gasteiger partial charge in [0.25, 0.3) is 0 Å². The van der Waals surface area contributed by atoms with Gasteiger partial charge in [-0.15, -0.1) is 0 Å². The number of hydrogen-bond acceptors (Lipinski definition) is 6. The van der Waals surface area contributed by atoms with Crippen LogP contribution in [-0.4, -0.2) is 39.7 Å². The van der Waals surface area contributed by atoms with E-state index in [2.05, 4.69) is 67.8 Å². The average Bonchev–Trinajstić information content (AvgIpc) is 3.39. The third-order valence-electron chi connectivity index (χ3n) is 7.07. The molecule has 7 nitrogen and oxygen atoms in total. The average molecular weight is 443 g/mol. The highest BCUT2D eigenvalue weighted by molar-refractivity contribution is 5.87. The van der Waals surface area contributed by atoms with Crippen molar-refractivity contribution in [3.63, 3.8) is 0 Å². The van der Waals surface area contributed by atoms with E-state index in [9.17, 15) is 0 Å². The lowest BCUT2D eigenvalue weighted by Crippen LogP contribution is -2.11. The molecule has 3 aromatic heterocycles. The predicted octanol–water partition coefficient (Wildman–Crippen LogP) is 5.26. The lowest BCUT2D eigenvalue weighted by molar-refractivity contribution is 0.248. The van der Waals surface area contributed by atoms with Crippen molar-refractivity contribution in [1.29, 1.82) is 0 Å². The highest BCUT2D eigenvalue weighted by Crippen LogP contribution is 2.37. The summed E-state index contributed by atoms with van der Waals surface area (Å²) in [5.41, 5.74) is 1.99. The molecule has 2 aliphatic carbocycles. The molecular formula is C26H30N6O. The molecular weight excluding hydrogens is 412 g/mol. The maximum absolute atomic E-state index is 6.23. The number of aromatic nitrogens is 4. The third kappa shape index (κ3) is 4.19. The molecule has 2 aliphatic rings.